The van der Waals surface area contributed by atoms with Gasteiger partial charge < -0.3 is 16.4 Å². The molecular formula is C11H14FN3O2. The Morgan fingerprint density at radius 3 is 2.47 bits per heavy atom. The predicted octanol–water partition coefficient (Wildman–Crippen LogP) is 0.228. The summed E-state index contributed by atoms with van der Waals surface area (Å²) in [7, 11) is 0. The van der Waals surface area contributed by atoms with Gasteiger partial charge in [0, 0.05) is 5.69 Å². The number of rotatable bonds is 4. The van der Waals surface area contributed by atoms with Crippen LogP contribution < -0.4 is 16.4 Å². The van der Waals surface area contributed by atoms with Gasteiger partial charge in [-0.25, -0.2) is 4.39 Å². The Balaban J connectivity index is 2.40. The summed E-state index contributed by atoms with van der Waals surface area (Å²) in [6.07, 6.45) is 0. The molecule has 1 aromatic carbocycles. The lowest BCUT2D eigenvalue weighted by molar-refractivity contribution is -0.124. The van der Waals surface area contributed by atoms with E-state index >= 15 is 0 Å². The molecule has 0 aliphatic carbocycles. The Kier molecular flexibility index (Phi) is 4.59. The molecule has 0 aliphatic rings. The number of nitrogens with two attached hydrogens (primary N) is 1. The van der Waals surface area contributed by atoms with Crippen LogP contribution in [0.3, 0.4) is 0 Å². The van der Waals surface area contributed by atoms with Gasteiger partial charge in [0.2, 0.25) is 11.8 Å². The largest absolute Gasteiger partial charge is 0.346 e. The quantitative estimate of drug-likeness (QED) is 0.703. The van der Waals surface area contributed by atoms with E-state index in [1.54, 1.807) is 0 Å². The molecule has 17 heavy (non-hydrogen) atoms. The number of halogens is 1. The van der Waals surface area contributed by atoms with Gasteiger partial charge in [-0.2, -0.15) is 0 Å². The first-order valence-corrected chi connectivity index (χ1v) is 5.08. The zero-order valence-electron chi connectivity index (χ0n) is 9.37. The van der Waals surface area contributed by atoms with Crippen molar-refractivity contribution < 1.29 is 14.0 Å². The minimum atomic E-state index is -0.659. The molecular weight excluding hydrogens is 225 g/mol. The average Bonchev–Trinajstić information content (AvgIpc) is 2.29. The van der Waals surface area contributed by atoms with Crippen molar-refractivity contribution in [2.45, 2.75) is 13.0 Å². The number of amides is 2. The van der Waals surface area contributed by atoms with Crippen LogP contribution >= 0.6 is 0 Å². The van der Waals surface area contributed by atoms with Crippen molar-refractivity contribution >= 4 is 17.5 Å². The number of hydrogen-bond acceptors (Lipinski definition) is 3. The topological polar surface area (TPSA) is 84.2 Å². The molecule has 0 aromatic heterocycles. The fraction of sp³-hybridized carbons (Fsp3) is 0.273. The monoisotopic (exact) mass is 239 g/mol. The summed E-state index contributed by atoms with van der Waals surface area (Å²) in [4.78, 5) is 22.4. The van der Waals surface area contributed by atoms with Gasteiger partial charge >= 0.3 is 0 Å². The van der Waals surface area contributed by atoms with Crippen LogP contribution in [0.4, 0.5) is 10.1 Å². The Morgan fingerprint density at radius 1 is 1.35 bits per heavy atom. The van der Waals surface area contributed by atoms with Crippen LogP contribution in [-0.2, 0) is 9.59 Å². The fourth-order valence-electron chi connectivity index (χ4n) is 1.07. The summed E-state index contributed by atoms with van der Waals surface area (Å²) in [6.45, 7) is 1.35. The second kappa shape index (κ2) is 5.95. The Hall–Kier alpha value is -1.95. The first kappa shape index (κ1) is 13.1. The third-order valence-corrected chi connectivity index (χ3v) is 1.96. The first-order chi connectivity index (χ1) is 7.99. The van der Waals surface area contributed by atoms with E-state index in [1.165, 1.54) is 31.2 Å². The van der Waals surface area contributed by atoms with Gasteiger partial charge in [0.15, 0.2) is 0 Å². The van der Waals surface area contributed by atoms with E-state index in [4.69, 9.17) is 5.73 Å². The van der Waals surface area contributed by atoms with E-state index in [0.717, 1.165) is 0 Å². The minimum absolute atomic E-state index is 0.169. The third kappa shape index (κ3) is 4.60. The van der Waals surface area contributed by atoms with Gasteiger partial charge in [-0.15, -0.1) is 0 Å². The maximum absolute atomic E-state index is 12.6. The van der Waals surface area contributed by atoms with E-state index in [1.807, 2.05) is 0 Å². The van der Waals surface area contributed by atoms with Crippen molar-refractivity contribution in [3.05, 3.63) is 30.1 Å². The molecule has 92 valence electrons. The summed E-state index contributed by atoms with van der Waals surface area (Å²) in [5.41, 5.74) is 5.77. The van der Waals surface area contributed by atoms with Gasteiger partial charge in [0.25, 0.3) is 0 Å². The number of anilines is 1. The van der Waals surface area contributed by atoms with Crippen LogP contribution in [0.2, 0.25) is 0 Å². The summed E-state index contributed by atoms with van der Waals surface area (Å²) in [5, 5.41) is 4.87. The smallest absolute Gasteiger partial charge is 0.243 e. The van der Waals surface area contributed by atoms with Crippen LogP contribution in [-0.4, -0.2) is 24.4 Å². The van der Waals surface area contributed by atoms with Gasteiger partial charge in [0.05, 0.1) is 12.6 Å². The van der Waals surface area contributed by atoms with Crippen LogP contribution in [0, 0.1) is 5.82 Å². The average molecular weight is 239 g/mol. The van der Waals surface area contributed by atoms with Crippen molar-refractivity contribution in [1.29, 1.82) is 0 Å². The van der Waals surface area contributed by atoms with Crippen LogP contribution in [0.15, 0.2) is 24.3 Å². The third-order valence-electron chi connectivity index (χ3n) is 1.96. The second-order valence-electron chi connectivity index (χ2n) is 3.56. The highest BCUT2D eigenvalue weighted by molar-refractivity contribution is 5.95. The molecule has 0 unspecified atom stereocenters. The van der Waals surface area contributed by atoms with Gasteiger partial charge in [0.1, 0.15) is 5.82 Å². The number of carbonyl (C=O) groups is 2. The van der Waals surface area contributed by atoms with Crippen molar-refractivity contribution in [3.8, 4) is 0 Å². The van der Waals surface area contributed by atoms with Gasteiger partial charge in [-0.3, -0.25) is 9.59 Å². The molecule has 0 radical (unpaired) electrons. The molecule has 0 heterocycles. The van der Waals surface area contributed by atoms with E-state index in [9.17, 15) is 14.0 Å². The highest BCUT2D eigenvalue weighted by atomic mass is 19.1. The summed E-state index contributed by atoms with van der Waals surface area (Å²) in [6, 6.07) is 4.67. The summed E-state index contributed by atoms with van der Waals surface area (Å²) in [5.74, 6) is -1.18. The normalized spacial score (nSPS) is 11.7. The Morgan fingerprint density at radius 2 is 1.94 bits per heavy atom. The molecule has 0 spiro atoms. The molecule has 4 N–H and O–H groups in total. The molecule has 6 heteroatoms. The lowest BCUT2D eigenvalue weighted by Crippen LogP contribution is -2.41. The molecule has 2 amide bonds. The summed E-state index contributed by atoms with van der Waals surface area (Å²) >= 11 is 0. The molecule has 0 aliphatic heterocycles. The van der Waals surface area contributed by atoms with Gasteiger partial charge in [-0.05, 0) is 31.2 Å². The van der Waals surface area contributed by atoms with E-state index < -0.39 is 17.9 Å². The Bertz CT molecular complexity index is 404. The highest BCUT2D eigenvalue weighted by Gasteiger charge is 2.09. The van der Waals surface area contributed by atoms with Gasteiger partial charge in [-0.1, -0.05) is 0 Å². The predicted molar refractivity (Wildman–Crippen MR) is 61.7 cm³/mol. The standard InChI is InChI=1S/C11H14FN3O2/c1-7(13)11(17)14-6-10(16)15-9-4-2-8(12)3-5-9/h2-5,7H,6,13H2,1H3,(H,14,17)(H,15,16)/t7-/m1/s1. The maximum atomic E-state index is 12.6. The van der Waals surface area contributed by atoms with Crippen molar-refractivity contribution in [2.24, 2.45) is 5.73 Å². The molecule has 5 nitrogen and oxygen atoms in total. The molecule has 0 fully saturated rings. The van der Waals surface area contributed by atoms with Crippen molar-refractivity contribution in [1.82, 2.24) is 5.32 Å². The maximum Gasteiger partial charge on any atom is 0.243 e. The molecule has 0 saturated carbocycles. The molecule has 1 aromatic rings. The molecule has 1 rings (SSSR count). The number of nitrogens with one attached hydrogen (secondary N) is 2. The van der Waals surface area contributed by atoms with Crippen LogP contribution in [0.1, 0.15) is 6.92 Å². The number of carbonyl (C=O) groups excluding carboxylic acids is 2. The fourth-order valence-corrected chi connectivity index (χ4v) is 1.07. The van der Waals surface area contributed by atoms with Crippen molar-refractivity contribution in [3.63, 3.8) is 0 Å². The molecule has 0 saturated heterocycles. The highest BCUT2D eigenvalue weighted by Crippen LogP contribution is 2.07. The molecule has 0 bridgehead atoms. The SMILES string of the molecule is C[C@@H](N)C(=O)NCC(=O)Nc1ccc(F)cc1. The Labute approximate surface area is 98.2 Å². The van der Waals surface area contributed by atoms with Crippen LogP contribution in [0.5, 0.6) is 0 Å². The number of benzene rings is 1. The minimum Gasteiger partial charge on any atom is -0.346 e. The van der Waals surface area contributed by atoms with Crippen molar-refractivity contribution in [2.75, 3.05) is 11.9 Å². The zero-order valence-corrected chi connectivity index (χ0v) is 9.37. The lowest BCUT2D eigenvalue weighted by atomic mass is 10.3. The zero-order chi connectivity index (χ0) is 12.8. The first-order valence-electron chi connectivity index (χ1n) is 5.08. The summed E-state index contributed by atoms with van der Waals surface area (Å²) < 4.78 is 12.6. The number of hydrogen-bond donors (Lipinski definition) is 3. The van der Waals surface area contributed by atoms with Crippen LogP contribution in [0.25, 0.3) is 0 Å². The lowest BCUT2D eigenvalue weighted by Gasteiger charge is -2.08. The van der Waals surface area contributed by atoms with E-state index in [-0.39, 0.29) is 12.4 Å². The molecule has 1 atom stereocenters. The second-order valence-corrected chi connectivity index (χ2v) is 3.56. The van der Waals surface area contributed by atoms with E-state index in [2.05, 4.69) is 10.6 Å². The van der Waals surface area contributed by atoms with E-state index in [0.29, 0.717) is 5.69 Å².